The number of carbonyl (C=O) groups is 1. The molecule has 17 heavy (non-hydrogen) atoms. The maximum atomic E-state index is 12.2. The maximum Gasteiger partial charge on any atom is 0.433 e. The van der Waals surface area contributed by atoms with Crippen molar-refractivity contribution in [2.75, 3.05) is 0 Å². The predicted molar refractivity (Wildman–Crippen MR) is 52.3 cm³/mol. The molecule has 1 N–H and O–H groups in total. The Bertz CT molecular complexity index is 427. The summed E-state index contributed by atoms with van der Waals surface area (Å²) in [5.41, 5.74) is -0.235. The Morgan fingerprint density at radius 1 is 1.47 bits per heavy atom. The predicted octanol–water partition coefficient (Wildman–Crippen LogP) is 2.68. The molecule has 1 fully saturated rings. The third-order valence-corrected chi connectivity index (χ3v) is 2.86. The molecule has 0 amide bonds. The molecule has 0 aliphatic heterocycles. The van der Waals surface area contributed by atoms with Crippen molar-refractivity contribution < 1.29 is 23.1 Å². The monoisotopic (exact) mass is 245 g/mol. The Kier molecular flexibility index (Phi) is 2.81. The third kappa shape index (κ3) is 2.75. The number of pyridine rings is 1. The van der Waals surface area contributed by atoms with Crippen molar-refractivity contribution in [2.24, 2.45) is 5.92 Å². The van der Waals surface area contributed by atoms with Gasteiger partial charge in [-0.3, -0.25) is 9.78 Å². The second-order valence-corrected chi connectivity index (χ2v) is 4.17. The number of aromatic nitrogens is 1. The fourth-order valence-electron chi connectivity index (χ4n) is 1.90. The van der Waals surface area contributed by atoms with Crippen LogP contribution in [0.25, 0.3) is 0 Å². The second-order valence-electron chi connectivity index (χ2n) is 4.17. The summed E-state index contributed by atoms with van der Waals surface area (Å²) >= 11 is 0. The van der Waals surface area contributed by atoms with Crippen LogP contribution in [0.4, 0.5) is 13.2 Å². The van der Waals surface area contributed by atoms with Gasteiger partial charge in [0.15, 0.2) is 0 Å². The van der Waals surface area contributed by atoms with Crippen molar-refractivity contribution in [3.63, 3.8) is 0 Å². The van der Waals surface area contributed by atoms with E-state index < -0.39 is 17.8 Å². The van der Waals surface area contributed by atoms with Gasteiger partial charge in [0.25, 0.3) is 0 Å². The van der Waals surface area contributed by atoms with Gasteiger partial charge in [0.05, 0.1) is 0 Å². The fraction of sp³-hybridized carbons (Fsp3) is 0.455. The van der Waals surface area contributed by atoms with Crippen molar-refractivity contribution in [1.82, 2.24) is 4.98 Å². The number of hydrogen-bond donors (Lipinski definition) is 1. The zero-order valence-corrected chi connectivity index (χ0v) is 8.74. The molecular weight excluding hydrogens is 235 g/mol. The van der Waals surface area contributed by atoms with Gasteiger partial charge in [-0.05, 0) is 29.9 Å². The first-order chi connectivity index (χ1) is 7.88. The topological polar surface area (TPSA) is 50.2 Å². The average molecular weight is 245 g/mol. The first-order valence-corrected chi connectivity index (χ1v) is 5.13. The molecule has 1 saturated carbocycles. The number of aliphatic carboxylic acids is 1. The molecule has 2 rings (SSSR count). The van der Waals surface area contributed by atoms with Crippen LogP contribution in [0.15, 0.2) is 18.3 Å². The summed E-state index contributed by atoms with van der Waals surface area (Å²) < 4.78 is 36.7. The molecule has 0 saturated heterocycles. The quantitative estimate of drug-likeness (QED) is 0.890. The molecule has 0 spiro atoms. The SMILES string of the molecule is O=C(O)CC1CC1c1ccc(C(F)(F)F)nc1. The molecule has 0 aromatic carbocycles. The van der Waals surface area contributed by atoms with E-state index in [0.29, 0.717) is 12.0 Å². The summed E-state index contributed by atoms with van der Waals surface area (Å²) in [4.78, 5) is 13.8. The first kappa shape index (κ1) is 11.9. The summed E-state index contributed by atoms with van der Waals surface area (Å²) in [5, 5.41) is 8.57. The number of carboxylic acids is 1. The van der Waals surface area contributed by atoms with E-state index in [2.05, 4.69) is 4.98 Å². The lowest BCUT2D eigenvalue weighted by Crippen LogP contribution is -2.07. The summed E-state index contributed by atoms with van der Waals surface area (Å²) in [6, 6.07) is 2.31. The molecule has 92 valence electrons. The van der Waals surface area contributed by atoms with Crippen molar-refractivity contribution in [2.45, 2.75) is 24.9 Å². The lowest BCUT2D eigenvalue weighted by molar-refractivity contribution is -0.141. The molecular formula is C11H10F3NO2. The minimum absolute atomic E-state index is 0.0334. The molecule has 0 bridgehead atoms. The van der Waals surface area contributed by atoms with Crippen LogP contribution in [-0.2, 0) is 11.0 Å². The number of hydrogen-bond acceptors (Lipinski definition) is 2. The van der Waals surface area contributed by atoms with Crippen LogP contribution in [0, 0.1) is 5.92 Å². The number of rotatable bonds is 3. The van der Waals surface area contributed by atoms with Crippen LogP contribution in [0.1, 0.15) is 30.0 Å². The van der Waals surface area contributed by atoms with Gasteiger partial charge in [-0.1, -0.05) is 6.07 Å². The van der Waals surface area contributed by atoms with Crippen LogP contribution in [-0.4, -0.2) is 16.1 Å². The molecule has 1 aliphatic rings. The molecule has 0 radical (unpaired) electrons. The molecule has 1 aromatic rings. The smallest absolute Gasteiger partial charge is 0.433 e. The van der Waals surface area contributed by atoms with Gasteiger partial charge in [-0.2, -0.15) is 13.2 Å². The van der Waals surface area contributed by atoms with Gasteiger partial charge in [-0.25, -0.2) is 0 Å². The Balaban J connectivity index is 2.03. The lowest BCUT2D eigenvalue weighted by Gasteiger charge is -2.06. The summed E-state index contributed by atoms with van der Waals surface area (Å²) in [7, 11) is 0. The molecule has 6 heteroatoms. The van der Waals surface area contributed by atoms with E-state index in [9.17, 15) is 18.0 Å². The van der Waals surface area contributed by atoms with E-state index in [1.807, 2.05) is 0 Å². The van der Waals surface area contributed by atoms with E-state index in [0.717, 1.165) is 6.07 Å². The molecule has 1 heterocycles. The van der Waals surface area contributed by atoms with Gasteiger partial charge >= 0.3 is 12.1 Å². The minimum atomic E-state index is -4.43. The molecule has 3 nitrogen and oxygen atoms in total. The van der Waals surface area contributed by atoms with Crippen LogP contribution in [0.2, 0.25) is 0 Å². The highest BCUT2D eigenvalue weighted by Crippen LogP contribution is 2.49. The average Bonchev–Trinajstić information content (AvgIpc) is 2.95. The van der Waals surface area contributed by atoms with E-state index in [4.69, 9.17) is 5.11 Å². The fourth-order valence-corrected chi connectivity index (χ4v) is 1.90. The normalized spacial score (nSPS) is 23.5. The van der Waals surface area contributed by atoms with Crippen molar-refractivity contribution in [1.29, 1.82) is 0 Å². The highest BCUT2D eigenvalue weighted by molar-refractivity contribution is 5.67. The number of halogens is 3. The standard InChI is InChI=1S/C11H10F3NO2/c12-11(13,14)9-2-1-6(5-15-9)8-3-7(8)4-10(16)17/h1-2,5,7-8H,3-4H2,(H,16,17). The largest absolute Gasteiger partial charge is 0.481 e. The van der Waals surface area contributed by atoms with Crippen molar-refractivity contribution in [3.8, 4) is 0 Å². The Morgan fingerprint density at radius 3 is 2.65 bits per heavy atom. The van der Waals surface area contributed by atoms with E-state index >= 15 is 0 Å². The van der Waals surface area contributed by atoms with Gasteiger partial charge in [0, 0.05) is 12.6 Å². The summed E-state index contributed by atoms with van der Waals surface area (Å²) in [6.45, 7) is 0. The van der Waals surface area contributed by atoms with Gasteiger partial charge < -0.3 is 5.11 Å². The molecule has 1 aromatic heterocycles. The summed E-state index contributed by atoms with van der Waals surface area (Å²) in [5.74, 6) is -0.802. The maximum absolute atomic E-state index is 12.2. The van der Waals surface area contributed by atoms with Crippen LogP contribution < -0.4 is 0 Å². The number of carboxylic acid groups (broad SMARTS) is 1. The van der Waals surface area contributed by atoms with Crippen molar-refractivity contribution in [3.05, 3.63) is 29.6 Å². The lowest BCUT2D eigenvalue weighted by atomic mass is 10.1. The Morgan fingerprint density at radius 2 is 2.18 bits per heavy atom. The molecule has 2 atom stereocenters. The van der Waals surface area contributed by atoms with Gasteiger partial charge in [-0.15, -0.1) is 0 Å². The van der Waals surface area contributed by atoms with Crippen LogP contribution in [0.3, 0.4) is 0 Å². The van der Waals surface area contributed by atoms with Gasteiger partial charge in [0.1, 0.15) is 5.69 Å². The first-order valence-electron chi connectivity index (χ1n) is 5.13. The highest BCUT2D eigenvalue weighted by atomic mass is 19.4. The Labute approximate surface area is 95.3 Å². The van der Waals surface area contributed by atoms with Crippen LogP contribution >= 0.6 is 0 Å². The molecule has 2 unspecified atom stereocenters. The third-order valence-electron chi connectivity index (χ3n) is 2.86. The van der Waals surface area contributed by atoms with E-state index in [1.165, 1.54) is 12.3 Å². The van der Waals surface area contributed by atoms with Crippen LogP contribution in [0.5, 0.6) is 0 Å². The zero-order valence-electron chi connectivity index (χ0n) is 8.74. The minimum Gasteiger partial charge on any atom is -0.481 e. The molecule has 1 aliphatic carbocycles. The highest BCUT2D eigenvalue weighted by Gasteiger charge is 2.40. The van der Waals surface area contributed by atoms with E-state index in [-0.39, 0.29) is 18.3 Å². The summed E-state index contributed by atoms with van der Waals surface area (Å²) in [6.07, 6.45) is -2.47. The second kappa shape index (κ2) is 4.01. The number of alkyl halides is 3. The van der Waals surface area contributed by atoms with Crippen molar-refractivity contribution >= 4 is 5.97 Å². The van der Waals surface area contributed by atoms with Gasteiger partial charge in [0.2, 0.25) is 0 Å². The van der Waals surface area contributed by atoms with E-state index in [1.54, 1.807) is 0 Å². The zero-order chi connectivity index (χ0) is 12.6. The Hall–Kier alpha value is -1.59. The number of nitrogens with zero attached hydrogens (tertiary/aromatic N) is 1.